The van der Waals surface area contributed by atoms with Crippen molar-refractivity contribution in [2.45, 2.75) is 58.2 Å². The highest BCUT2D eigenvalue weighted by atomic mass is 16.3. The summed E-state index contributed by atoms with van der Waals surface area (Å²) in [5.74, 6) is 1.16. The maximum atomic E-state index is 9.84. The Kier molecular flexibility index (Phi) is 4.45. The van der Waals surface area contributed by atoms with Crippen molar-refractivity contribution in [2.75, 3.05) is 19.6 Å². The fourth-order valence-corrected chi connectivity index (χ4v) is 2.95. The third-order valence-corrected chi connectivity index (χ3v) is 3.91. The molecule has 2 fully saturated rings. The van der Waals surface area contributed by atoms with Crippen LogP contribution in [-0.2, 0) is 0 Å². The molecule has 100 valence electrons. The van der Waals surface area contributed by atoms with E-state index in [9.17, 15) is 5.11 Å². The van der Waals surface area contributed by atoms with Gasteiger partial charge in [0, 0.05) is 31.7 Å². The van der Waals surface area contributed by atoms with Crippen molar-refractivity contribution >= 4 is 0 Å². The van der Waals surface area contributed by atoms with Crippen molar-refractivity contribution in [3.05, 3.63) is 0 Å². The number of hydrogen-bond donors (Lipinski definition) is 2. The first-order valence-corrected chi connectivity index (χ1v) is 7.21. The van der Waals surface area contributed by atoms with Gasteiger partial charge in [-0.15, -0.1) is 0 Å². The highest BCUT2D eigenvalue weighted by Crippen LogP contribution is 2.25. The highest BCUT2D eigenvalue weighted by molar-refractivity contribution is 4.91. The van der Waals surface area contributed by atoms with Crippen molar-refractivity contribution in [3.8, 4) is 0 Å². The Balaban J connectivity index is 1.88. The van der Waals surface area contributed by atoms with E-state index in [1.807, 2.05) is 6.92 Å². The molecule has 2 N–H and O–H groups in total. The molecule has 3 heteroatoms. The molecule has 0 radical (unpaired) electrons. The molecule has 1 aliphatic carbocycles. The summed E-state index contributed by atoms with van der Waals surface area (Å²) in [5, 5.41) is 13.6. The van der Waals surface area contributed by atoms with Crippen molar-refractivity contribution in [2.24, 2.45) is 11.8 Å². The average molecular weight is 240 g/mol. The molecule has 0 aromatic heterocycles. The van der Waals surface area contributed by atoms with Crippen LogP contribution < -0.4 is 5.32 Å². The zero-order chi connectivity index (χ0) is 12.4. The fourth-order valence-electron chi connectivity index (χ4n) is 2.95. The summed E-state index contributed by atoms with van der Waals surface area (Å²) < 4.78 is 0. The molecule has 1 saturated carbocycles. The van der Waals surface area contributed by atoms with Gasteiger partial charge in [-0.25, -0.2) is 0 Å². The largest absolute Gasteiger partial charge is 0.393 e. The minimum Gasteiger partial charge on any atom is -0.393 e. The van der Waals surface area contributed by atoms with E-state index in [1.165, 1.54) is 12.8 Å². The summed E-state index contributed by atoms with van der Waals surface area (Å²) in [7, 11) is 0. The molecule has 0 amide bonds. The number of piperidine rings is 1. The van der Waals surface area contributed by atoms with Gasteiger partial charge in [0.1, 0.15) is 0 Å². The number of nitrogens with one attached hydrogen (secondary N) is 1. The summed E-state index contributed by atoms with van der Waals surface area (Å²) >= 11 is 0. The molecule has 1 saturated heterocycles. The predicted molar refractivity (Wildman–Crippen MR) is 71.0 cm³/mol. The lowest BCUT2D eigenvalue weighted by Crippen LogP contribution is -2.52. The molecule has 0 aromatic rings. The van der Waals surface area contributed by atoms with Gasteiger partial charge < -0.3 is 15.3 Å². The quantitative estimate of drug-likeness (QED) is 0.764. The second kappa shape index (κ2) is 5.68. The highest BCUT2D eigenvalue weighted by Gasteiger charge is 2.33. The molecule has 3 atom stereocenters. The average Bonchev–Trinajstić information content (AvgIpc) is 3.00. The summed E-state index contributed by atoms with van der Waals surface area (Å²) in [6, 6.07) is 1.36. The number of aliphatic hydroxyl groups excluding tert-OH is 1. The maximum absolute atomic E-state index is 9.84. The second-order valence-corrected chi connectivity index (χ2v) is 6.49. The van der Waals surface area contributed by atoms with E-state index in [1.54, 1.807) is 0 Å². The second-order valence-electron chi connectivity index (χ2n) is 6.49. The molecule has 0 bridgehead atoms. The third-order valence-electron chi connectivity index (χ3n) is 3.91. The minimum absolute atomic E-state index is 0.173. The van der Waals surface area contributed by atoms with E-state index in [4.69, 9.17) is 0 Å². The summed E-state index contributed by atoms with van der Waals surface area (Å²) in [6.07, 6.45) is 3.66. The maximum Gasteiger partial charge on any atom is 0.0553 e. The SMILES string of the molecule is CC(C)CN1CC(NC2CC2)CC(C(C)O)C1. The Bertz CT molecular complexity index is 226. The first-order chi connectivity index (χ1) is 8.04. The van der Waals surface area contributed by atoms with Crippen LogP contribution in [0.4, 0.5) is 0 Å². The van der Waals surface area contributed by atoms with Gasteiger partial charge in [-0.2, -0.15) is 0 Å². The number of likely N-dealkylation sites (tertiary alicyclic amines) is 1. The normalized spacial score (nSPS) is 33.0. The van der Waals surface area contributed by atoms with Gasteiger partial charge in [0.05, 0.1) is 6.10 Å². The lowest BCUT2D eigenvalue weighted by Gasteiger charge is -2.40. The summed E-state index contributed by atoms with van der Waals surface area (Å²) in [5.41, 5.74) is 0. The van der Waals surface area contributed by atoms with Crippen LogP contribution in [0, 0.1) is 11.8 Å². The van der Waals surface area contributed by atoms with Gasteiger partial charge in [0.25, 0.3) is 0 Å². The smallest absolute Gasteiger partial charge is 0.0553 e. The minimum atomic E-state index is -0.173. The lowest BCUT2D eigenvalue weighted by molar-refractivity contribution is 0.0432. The van der Waals surface area contributed by atoms with E-state index < -0.39 is 0 Å². The van der Waals surface area contributed by atoms with Crippen LogP contribution in [0.2, 0.25) is 0 Å². The Labute approximate surface area is 106 Å². The number of nitrogens with zero attached hydrogens (tertiary/aromatic N) is 1. The molecule has 2 aliphatic rings. The van der Waals surface area contributed by atoms with E-state index in [0.717, 1.165) is 32.1 Å². The zero-order valence-corrected chi connectivity index (χ0v) is 11.5. The van der Waals surface area contributed by atoms with Crippen molar-refractivity contribution in [3.63, 3.8) is 0 Å². The first kappa shape index (κ1) is 13.3. The van der Waals surface area contributed by atoms with E-state index in [2.05, 4.69) is 24.1 Å². The Morgan fingerprint density at radius 1 is 1.18 bits per heavy atom. The van der Waals surface area contributed by atoms with Gasteiger partial charge in [-0.3, -0.25) is 0 Å². The Morgan fingerprint density at radius 2 is 1.88 bits per heavy atom. The van der Waals surface area contributed by atoms with Crippen LogP contribution >= 0.6 is 0 Å². The number of rotatable bonds is 5. The zero-order valence-electron chi connectivity index (χ0n) is 11.5. The summed E-state index contributed by atoms with van der Waals surface area (Å²) in [4.78, 5) is 2.53. The topological polar surface area (TPSA) is 35.5 Å². The third kappa shape index (κ3) is 4.23. The van der Waals surface area contributed by atoms with Crippen LogP contribution in [0.1, 0.15) is 40.0 Å². The van der Waals surface area contributed by atoms with Crippen LogP contribution in [-0.4, -0.2) is 47.8 Å². The van der Waals surface area contributed by atoms with Gasteiger partial charge in [-0.05, 0) is 38.0 Å². The monoisotopic (exact) mass is 240 g/mol. The van der Waals surface area contributed by atoms with Crippen molar-refractivity contribution < 1.29 is 5.11 Å². The van der Waals surface area contributed by atoms with Gasteiger partial charge in [0.2, 0.25) is 0 Å². The van der Waals surface area contributed by atoms with Crippen LogP contribution in [0.25, 0.3) is 0 Å². The fraction of sp³-hybridized carbons (Fsp3) is 1.00. The molecule has 1 aliphatic heterocycles. The van der Waals surface area contributed by atoms with Gasteiger partial charge >= 0.3 is 0 Å². The number of aliphatic hydroxyl groups is 1. The molecule has 2 rings (SSSR count). The Hall–Kier alpha value is -0.120. The van der Waals surface area contributed by atoms with Crippen LogP contribution in [0.3, 0.4) is 0 Å². The summed E-state index contributed by atoms with van der Waals surface area (Å²) in [6.45, 7) is 9.88. The van der Waals surface area contributed by atoms with Crippen molar-refractivity contribution in [1.82, 2.24) is 10.2 Å². The molecule has 0 aromatic carbocycles. The van der Waals surface area contributed by atoms with Crippen molar-refractivity contribution in [1.29, 1.82) is 0 Å². The standard InChI is InChI=1S/C14H28N2O/c1-10(2)7-16-8-12(11(3)17)6-14(9-16)15-13-4-5-13/h10-15,17H,4-9H2,1-3H3. The van der Waals surface area contributed by atoms with Crippen LogP contribution in [0.15, 0.2) is 0 Å². The molecular formula is C14H28N2O. The Morgan fingerprint density at radius 3 is 2.41 bits per heavy atom. The van der Waals surface area contributed by atoms with Gasteiger partial charge in [-0.1, -0.05) is 13.8 Å². The van der Waals surface area contributed by atoms with E-state index in [-0.39, 0.29) is 6.10 Å². The first-order valence-electron chi connectivity index (χ1n) is 7.21. The lowest BCUT2D eigenvalue weighted by atomic mass is 9.89. The molecule has 3 nitrogen and oxygen atoms in total. The molecule has 0 spiro atoms. The van der Waals surface area contributed by atoms with Gasteiger partial charge in [0.15, 0.2) is 0 Å². The van der Waals surface area contributed by atoms with Crippen LogP contribution in [0.5, 0.6) is 0 Å². The molecular weight excluding hydrogens is 212 g/mol. The molecule has 17 heavy (non-hydrogen) atoms. The molecule has 1 heterocycles. The predicted octanol–water partition coefficient (Wildman–Crippen LogP) is 1.47. The van der Waals surface area contributed by atoms with E-state index in [0.29, 0.717) is 17.9 Å². The number of hydrogen-bond acceptors (Lipinski definition) is 3. The molecule has 3 unspecified atom stereocenters. The van der Waals surface area contributed by atoms with E-state index >= 15 is 0 Å².